The van der Waals surface area contributed by atoms with Crippen molar-refractivity contribution in [3.63, 3.8) is 0 Å². The summed E-state index contributed by atoms with van der Waals surface area (Å²) in [5.41, 5.74) is 5.28. The van der Waals surface area contributed by atoms with Crippen LogP contribution in [0.1, 0.15) is 24.8 Å². The van der Waals surface area contributed by atoms with Gasteiger partial charge in [-0.1, -0.05) is 30.3 Å². The number of alkyl carbamates (subject to hydrolysis) is 1. The van der Waals surface area contributed by atoms with Crippen LogP contribution in [0, 0.1) is 0 Å². The van der Waals surface area contributed by atoms with Gasteiger partial charge in [-0.05, 0) is 24.8 Å². The Morgan fingerprint density at radius 2 is 2.10 bits per heavy atom. The van der Waals surface area contributed by atoms with E-state index in [4.69, 9.17) is 10.5 Å². The molecule has 0 heterocycles. The maximum absolute atomic E-state index is 11.8. The predicted octanol–water partition coefficient (Wildman–Crippen LogP) is 1.25. The van der Waals surface area contributed by atoms with Gasteiger partial charge in [0, 0.05) is 6.04 Å². The molecule has 2 rings (SSSR count). The molecule has 0 radical (unpaired) electrons. The van der Waals surface area contributed by atoms with E-state index in [0.717, 1.165) is 5.56 Å². The maximum Gasteiger partial charge on any atom is 0.408 e. The van der Waals surface area contributed by atoms with Crippen molar-refractivity contribution in [2.45, 2.75) is 37.5 Å². The molecule has 6 heteroatoms. The molecule has 0 aromatic heterocycles. The lowest BCUT2D eigenvalue weighted by Gasteiger charge is -2.25. The molecule has 0 spiro atoms. The highest BCUT2D eigenvalue weighted by molar-refractivity contribution is 5.84. The molecule has 4 N–H and O–H groups in total. The Labute approximate surface area is 116 Å². The molecule has 1 aromatic carbocycles. The van der Waals surface area contributed by atoms with Crippen molar-refractivity contribution in [3.8, 4) is 0 Å². The Hall–Kier alpha value is -2.08. The lowest BCUT2D eigenvalue weighted by atomic mass is 9.98. The molecule has 1 saturated carbocycles. The lowest BCUT2D eigenvalue weighted by Crippen LogP contribution is -2.53. The van der Waals surface area contributed by atoms with Crippen LogP contribution in [0.15, 0.2) is 30.3 Å². The molecule has 2 atom stereocenters. The molecule has 20 heavy (non-hydrogen) atoms. The molecule has 1 aromatic rings. The zero-order valence-corrected chi connectivity index (χ0v) is 11.0. The van der Waals surface area contributed by atoms with Gasteiger partial charge in [-0.2, -0.15) is 0 Å². The molecule has 0 saturated heterocycles. The quantitative estimate of drug-likeness (QED) is 0.769. The third-order valence-electron chi connectivity index (χ3n) is 3.52. The van der Waals surface area contributed by atoms with E-state index < -0.39 is 17.6 Å². The highest BCUT2D eigenvalue weighted by Gasteiger charge is 2.46. The summed E-state index contributed by atoms with van der Waals surface area (Å²) in [4.78, 5) is 23.1. The Morgan fingerprint density at radius 3 is 2.65 bits per heavy atom. The molecular weight excluding hydrogens is 260 g/mol. The van der Waals surface area contributed by atoms with Crippen molar-refractivity contribution in [1.29, 1.82) is 0 Å². The van der Waals surface area contributed by atoms with E-state index >= 15 is 0 Å². The monoisotopic (exact) mass is 278 g/mol. The van der Waals surface area contributed by atoms with E-state index in [1.54, 1.807) is 0 Å². The fraction of sp³-hybridized carbons (Fsp3) is 0.429. The van der Waals surface area contributed by atoms with Gasteiger partial charge < -0.3 is 20.9 Å². The van der Waals surface area contributed by atoms with Crippen LogP contribution in [-0.2, 0) is 16.1 Å². The number of ether oxygens (including phenoxy) is 1. The van der Waals surface area contributed by atoms with Crippen LogP contribution in [0.25, 0.3) is 0 Å². The van der Waals surface area contributed by atoms with Crippen molar-refractivity contribution in [1.82, 2.24) is 5.32 Å². The number of benzene rings is 1. The van der Waals surface area contributed by atoms with Gasteiger partial charge in [-0.15, -0.1) is 0 Å². The van der Waals surface area contributed by atoms with Crippen LogP contribution >= 0.6 is 0 Å². The first-order chi connectivity index (χ1) is 9.52. The van der Waals surface area contributed by atoms with Crippen molar-refractivity contribution >= 4 is 12.1 Å². The molecule has 1 amide bonds. The minimum absolute atomic E-state index is 0.106. The van der Waals surface area contributed by atoms with Crippen molar-refractivity contribution in [2.24, 2.45) is 5.73 Å². The van der Waals surface area contributed by atoms with E-state index in [1.165, 1.54) is 0 Å². The van der Waals surface area contributed by atoms with Crippen molar-refractivity contribution in [2.75, 3.05) is 0 Å². The number of aliphatic carboxylic acids is 1. The van der Waals surface area contributed by atoms with Gasteiger partial charge in [0.1, 0.15) is 12.1 Å². The van der Waals surface area contributed by atoms with Crippen LogP contribution in [0.5, 0.6) is 0 Å². The maximum atomic E-state index is 11.8. The SMILES string of the molecule is NC1CCC(NC(=O)OCc2ccccc2)(C(=O)O)C1. The normalized spacial score (nSPS) is 25.1. The molecule has 1 aliphatic carbocycles. The van der Waals surface area contributed by atoms with Gasteiger partial charge in [0.25, 0.3) is 0 Å². The van der Waals surface area contributed by atoms with Gasteiger partial charge in [-0.25, -0.2) is 9.59 Å². The lowest BCUT2D eigenvalue weighted by molar-refractivity contribution is -0.144. The first-order valence-corrected chi connectivity index (χ1v) is 6.50. The summed E-state index contributed by atoms with van der Waals surface area (Å²) in [6.45, 7) is 0.106. The highest BCUT2D eigenvalue weighted by Crippen LogP contribution is 2.29. The highest BCUT2D eigenvalue weighted by atomic mass is 16.5. The summed E-state index contributed by atoms with van der Waals surface area (Å²) in [5.74, 6) is -1.07. The molecule has 6 nitrogen and oxygen atoms in total. The summed E-state index contributed by atoms with van der Waals surface area (Å²) in [6, 6.07) is 8.98. The number of carbonyl (C=O) groups excluding carboxylic acids is 1. The van der Waals surface area contributed by atoms with E-state index in [-0.39, 0.29) is 19.1 Å². The molecule has 108 valence electrons. The van der Waals surface area contributed by atoms with Crippen LogP contribution in [0.4, 0.5) is 4.79 Å². The van der Waals surface area contributed by atoms with Crippen LogP contribution in [0.3, 0.4) is 0 Å². The topological polar surface area (TPSA) is 102 Å². The number of amides is 1. The fourth-order valence-electron chi connectivity index (χ4n) is 2.40. The summed E-state index contributed by atoms with van der Waals surface area (Å²) >= 11 is 0. The molecular formula is C14H18N2O4. The van der Waals surface area contributed by atoms with Gasteiger partial charge in [-0.3, -0.25) is 0 Å². The number of carboxylic acid groups (broad SMARTS) is 1. The third kappa shape index (κ3) is 3.27. The minimum atomic E-state index is -1.30. The van der Waals surface area contributed by atoms with E-state index in [0.29, 0.717) is 12.8 Å². The number of nitrogens with two attached hydrogens (primary N) is 1. The number of carboxylic acids is 1. The molecule has 2 unspecified atom stereocenters. The van der Waals surface area contributed by atoms with Gasteiger partial charge in [0.2, 0.25) is 0 Å². The second kappa shape index (κ2) is 5.92. The Kier molecular flexibility index (Phi) is 4.24. The number of carbonyl (C=O) groups is 2. The summed E-state index contributed by atoms with van der Waals surface area (Å²) < 4.78 is 5.05. The summed E-state index contributed by atoms with van der Waals surface area (Å²) in [7, 11) is 0. The number of nitrogens with one attached hydrogen (secondary N) is 1. The minimum Gasteiger partial charge on any atom is -0.480 e. The van der Waals surface area contributed by atoms with E-state index in [2.05, 4.69) is 5.32 Å². The van der Waals surface area contributed by atoms with Crippen molar-refractivity contribution in [3.05, 3.63) is 35.9 Å². The van der Waals surface area contributed by atoms with Crippen LogP contribution < -0.4 is 11.1 Å². The van der Waals surface area contributed by atoms with Gasteiger partial charge in [0.15, 0.2) is 0 Å². The third-order valence-corrected chi connectivity index (χ3v) is 3.52. The van der Waals surface area contributed by atoms with E-state index in [1.807, 2.05) is 30.3 Å². The largest absolute Gasteiger partial charge is 0.480 e. The molecule has 1 fully saturated rings. The second-order valence-electron chi connectivity index (χ2n) is 5.08. The van der Waals surface area contributed by atoms with Crippen molar-refractivity contribution < 1.29 is 19.4 Å². The van der Waals surface area contributed by atoms with Crippen LogP contribution in [-0.4, -0.2) is 28.7 Å². The summed E-state index contributed by atoms with van der Waals surface area (Å²) in [5, 5.41) is 11.7. The first-order valence-electron chi connectivity index (χ1n) is 6.50. The zero-order chi connectivity index (χ0) is 14.6. The number of hydrogen-bond donors (Lipinski definition) is 3. The van der Waals surface area contributed by atoms with Crippen LogP contribution in [0.2, 0.25) is 0 Å². The Balaban J connectivity index is 1.91. The molecule has 0 aliphatic heterocycles. The van der Waals surface area contributed by atoms with Gasteiger partial charge >= 0.3 is 12.1 Å². The second-order valence-corrected chi connectivity index (χ2v) is 5.08. The van der Waals surface area contributed by atoms with E-state index in [9.17, 15) is 14.7 Å². The zero-order valence-electron chi connectivity index (χ0n) is 11.0. The molecule has 0 bridgehead atoms. The predicted molar refractivity (Wildman–Crippen MR) is 72.0 cm³/mol. The number of rotatable bonds is 4. The standard InChI is InChI=1S/C14H18N2O4/c15-11-6-7-14(8-11,12(17)18)16-13(19)20-9-10-4-2-1-3-5-10/h1-5,11H,6-9,15H2,(H,16,19)(H,17,18). The average Bonchev–Trinajstić information content (AvgIpc) is 2.80. The summed E-state index contributed by atoms with van der Waals surface area (Å²) in [6.07, 6.45) is 0.392. The molecule has 1 aliphatic rings. The fourth-order valence-corrected chi connectivity index (χ4v) is 2.40. The Morgan fingerprint density at radius 1 is 1.40 bits per heavy atom. The van der Waals surface area contributed by atoms with Gasteiger partial charge in [0.05, 0.1) is 0 Å². The first kappa shape index (κ1) is 14.3. The number of hydrogen-bond acceptors (Lipinski definition) is 4. The average molecular weight is 278 g/mol. The smallest absolute Gasteiger partial charge is 0.408 e. The Bertz CT molecular complexity index is 491.